The van der Waals surface area contributed by atoms with Crippen molar-refractivity contribution in [2.75, 3.05) is 7.11 Å². The van der Waals surface area contributed by atoms with Crippen molar-refractivity contribution in [2.45, 2.75) is 19.6 Å². The Morgan fingerprint density at radius 3 is 2.30 bits per heavy atom. The van der Waals surface area contributed by atoms with Crippen molar-refractivity contribution in [3.63, 3.8) is 0 Å². The summed E-state index contributed by atoms with van der Waals surface area (Å²) in [5, 5.41) is 12.0. The van der Waals surface area contributed by atoms with Crippen LogP contribution < -0.4 is 14.8 Å². The lowest BCUT2D eigenvalue weighted by molar-refractivity contribution is -0.142. The Morgan fingerprint density at radius 2 is 1.74 bits per heavy atom. The third-order valence-electron chi connectivity index (χ3n) is 3.98. The van der Waals surface area contributed by atoms with E-state index < -0.39 is 30.4 Å². The van der Waals surface area contributed by atoms with Crippen molar-refractivity contribution in [1.29, 1.82) is 0 Å². The largest absolute Gasteiger partial charge is 0.493 e. The van der Waals surface area contributed by atoms with Crippen LogP contribution in [0.1, 0.15) is 28.9 Å². The number of carboxylic acid groups (broad SMARTS) is 1. The Balaban J connectivity index is 2.28. The summed E-state index contributed by atoms with van der Waals surface area (Å²) in [5.41, 5.74) is 0.748. The monoisotopic (exact) mass is 379 g/mol. The predicted octanol–water partition coefficient (Wildman–Crippen LogP) is 3.49. The number of ether oxygens (including phenoxy) is 2. The molecule has 0 aromatic heterocycles. The second kappa shape index (κ2) is 8.98. The molecule has 0 radical (unpaired) electrons. The van der Waals surface area contributed by atoms with E-state index >= 15 is 0 Å². The van der Waals surface area contributed by atoms with Gasteiger partial charge in [0.2, 0.25) is 0 Å². The van der Waals surface area contributed by atoms with Gasteiger partial charge >= 0.3 is 12.6 Å². The molecule has 27 heavy (non-hydrogen) atoms. The van der Waals surface area contributed by atoms with E-state index in [1.807, 2.05) is 0 Å². The van der Waals surface area contributed by atoms with E-state index in [9.17, 15) is 23.5 Å². The maximum atomic E-state index is 12.6. The van der Waals surface area contributed by atoms with Gasteiger partial charge in [-0.2, -0.15) is 8.78 Å². The summed E-state index contributed by atoms with van der Waals surface area (Å²) in [6.07, 6.45) is 0. The Morgan fingerprint density at radius 1 is 1.07 bits per heavy atom. The summed E-state index contributed by atoms with van der Waals surface area (Å²) in [6, 6.07) is 11.6. The van der Waals surface area contributed by atoms with Gasteiger partial charge in [0.15, 0.2) is 11.5 Å². The average molecular weight is 379 g/mol. The second-order valence-corrected chi connectivity index (χ2v) is 5.73. The van der Waals surface area contributed by atoms with E-state index in [-0.39, 0.29) is 17.1 Å². The average Bonchev–Trinajstić information content (AvgIpc) is 2.65. The molecule has 2 rings (SSSR count). The number of nitrogens with one attached hydrogen (secondary N) is 1. The van der Waals surface area contributed by atoms with Crippen LogP contribution in [0.15, 0.2) is 48.5 Å². The molecule has 1 amide bonds. The van der Waals surface area contributed by atoms with Crippen molar-refractivity contribution in [1.82, 2.24) is 5.32 Å². The lowest BCUT2D eigenvalue weighted by Crippen LogP contribution is -2.35. The number of carbonyl (C=O) groups is 2. The van der Waals surface area contributed by atoms with Gasteiger partial charge in [-0.3, -0.25) is 9.59 Å². The van der Waals surface area contributed by atoms with Crippen molar-refractivity contribution in [2.24, 2.45) is 5.92 Å². The molecule has 0 heterocycles. The number of carbonyl (C=O) groups excluding carboxylic acids is 1. The molecular weight excluding hydrogens is 360 g/mol. The summed E-state index contributed by atoms with van der Waals surface area (Å²) >= 11 is 0. The van der Waals surface area contributed by atoms with Gasteiger partial charge < -0.3 is 19.9 Å². The first-order valence-electron chi connectivity index (χ1n) is 8.05. The van der Waals surface area contributed by atoms with Crippen LogP contribution in [0.4, 0.5) is 8.78 Å². The first kappa shape index (κ1) is 20.2. The van der Waals surface area contributed by atoms with Gasteiger partial charge in [0.05, 0.1) is 19.1 Å². The Labute approximate surface area is 154 Å². The summed E-state index contributed by atoms with van der Waals surface area (Å²) in [4.78, 5) is 24.0. The molecule has 0 aliphatic heterocycles. The molecule has 0 bridgehead atoms. The Hall–Kier alpha value is -3.16. The molecule has 6 nitrogen and oxygen atoms in total. The number of carboxylic acids is 1. The molecule has 2 N–H and O–H groups in total. The molecule has 144 valence electrons. The van der Waals surface area contributed by atoms with Crippen LogP contribution in [0.2, 0.25) is 0 Å². The van der Waals surface area contributed by atoms with Crippen molar-refractivity contribution in [3.05, 3.63) is 59.7 Å². The minimum Gasteiger partial charge on any atom is -0.493 e. The van der Waals surface area contributed by atoms with Gasteiger partial charge in [0.25, 0.3) is 5.91 Å². The van der Waals surface area contributed by atoms with Crippen LogP contribution in [0.3, 0.4) is 0 Å². The van der Waals surface area contributed by atoms with Crippen LogP contribution >= 0.6 is 0 Å². The van der Waals surface area contributed by atoms with E-state index in [1.165, 1.54) is 32.2 Å². The van der Waals surface area contributed by atoms with E-state index in [0.717, 1.165) is 0 Å². The summed E-state index contributed by atoms with van der Waals surface area (Å²) < 4.78 is 34.1. The molecule has 8 heteroatoms. The minimum atomic E-state index is -3.03. The highest BCUT2D eigenvalue weighted by Gasteiger charge is 2.27. The highest BCUT2D eigenvalue weighted by Crippen LogP contribution is 2.30. The number of rotatable bonds is 8. The van der Waals surface area contributed by atoms with Gasteiger partial charge in [-0.15, -0.1) is 0 Å². The normalized spacial score (nSPS) is 12.9. The van der Waals surface area contributed by atoms with Gasteiger partial charge in [-0.05, 0) is 30.7 Å². The molecule has 2 atom stereocenters. The molecule has 0 aliphatic carbocycles. The first-order chi connectivity index (χ1) is 12.8. The second-order valence-electron chi connectivity index (χ2n) is 5.73. The van der Waals surface area contributed by atoms with Gasteiger partial charge in [0, 0.05) is 5.56 Å². The van der Waals surface area contributed by atoms with E-state index in [0.29, 0.717) is 5.56 Å². The number of halogens is 2. The quantitative estimate of drug-likeness (QED) is 0.733. The summed E-state index contributed by atoms with van der Waals surface area (Å²) in [6.45, 7) is -1.54. The maximum absolute atomic E-state index is 12.6. The zero-order chi connectivity index (χ0) is 20.0. The van der Waals surface area contributed by atoms with E-state index in [2.05, 4.69) is 10.1 Å². The van der Waals surface area contributed by atoms with Crippen LogP contribution in [-0.4, -0.2) is 30.7 Å². The predicted molar refractivity (Wildman–Crippen MR) is 93.1 cm³/mol. The zero-order valence-corrected chi connectivity index (χ0v) is 14.7. The molecule has 0 aliphatic rings. The summed E-state index contributed by atoms with van der Waals surface area (Å²) in [5.74, 6) is -2.77. The Bertz CT molecular complexity index is 798. The lowest BCUT2D eigenvalue weighted by Gasteiger charge is -2.23. The molecule has 0 saturated heterocycles. The van der Waals surface area contributed by atoms with Gasteiger partial charge in [0.1, 0.15) is 0 Å². The fourth-order valence-corrected chi connectivity index (χ4v) is 2.53. The van der Waals surface area contributed by atoms with Crippen LogP contribution in [0, 0.1) is 5.92 Å². The number of benzene rings is 2. The highest BCUT2D eigenvalue weighted by molar-refractivity contribution is 5.95. The van der Waals surface area contributed by atoms with Gasteiger partial charge in [-0.1, -0.05) is 30.3 Å². The minimum absolute atomic E-state index is 0.0366. The van der Waals surface area contributed by atoms with Crippen LogP contribution in [0.5, 0.6) is 11.5 Å². The zero-order valence-electron chi connectivity index (χ0n) is 14.7. The molecule has 0 fully saturated rings. The molecule has 2 aromatic carbocycles. The van der Waals surface area contributed by atoms with Crippen molar-refractivity contribution >= 4 is 11.9 Å². The van der Waals surface area contributed by atoms with Crippen LogP contribution in [-0.2, 0) is 4.79 Å². The number of hydrogen-bond acceptors (Lipinski definition) is 4. The van der Waals surface area contributed by atoms with Crippen LogP contribution in [0.25, 0.3) is 0 Å². The topological polar surface area (TPSA) is 84.9 Å². The number of amides is 1. The smallest absolute Gasteiger partial charge is 0.387 e. The summed E-state index contributed by atoms with van der Waals surface area (Å²) in [7, 11) is 1.26. The number of hydrogen-bond donors (Lipinski definition) is 2. The van der Waals surface area contributed by atoms with E-state index in [1.54, 1.807) is 30.3 Å². The SMILES string of the molecule is COc1cc(C(=O)NC(c2ccccc2)C(C)C(=O)O)ccc1OC(F)F. The molecular formula is C19H19F2NO5. The van der Waals surface area contributed by atoms with Crippen molar-refractivity contribution in [3.8, 4) is 11.5 Å². The molecule has 0 spiro atoms. The third-order valence-corrected chi connectivity index (χ3v) is 3.98. The number of aliphatic carboxylic acids is 1. The maximum Gasteiger partial charge on any atom is 0.387 e. The standard InChI is InChI=1S/C19H19F2NO5/c1-11(18(24)25)16(12-6-4-3-5-7-12)22-17(23)13-8-9-14(27-19(20)21)15(10-13)26-2/h3-11,16,19H,1-2H3,(H,22,23)(H,24,25). The highest BCUT2D eigenvalue weighted by atomic mass is 19.3. The number of alkyl halides is 2. The lowest BCUT2D eigenvalue weighted by atomic mass is 9.94. The fraction of sp³-hybridized carbons (Fsp3) is 0.263. The fourth-order valence-electron chi connectivity index (χ4n) is 2.53. The van der Waals surface area contributed by atoms with Crippen molar-refractivity contribution < 1.29 is 33.0 Å². The van der Waals surface area contributed by atoms with Gasteiger partial charge in [-0.25, -0.2) is 0 Å². The molecule has 0 saturated carbocycles. The molecule has 2 aromatic rings. The third kappa shape index (κ3) is 5.16. The molecule has 2 unspecified atom stereocenters. The first-order valence-corrected chi connectivity index (χ1v) is 8.05. The van der Waals surface area contributed by atoms with E-state index in [4.69, 9.17) is 4.74 Å². The number of methoxy groups -OCH3 is 1. The Kier molecular flexibility index (Phi) is 6.70.